The molecular weight excluding hydrogens is 344 g/mol. The Hall–Kier alpha value is -2.14. The van der Waals surface area contributed by atoms with Gasteiger partial charge in [0.25, 0.3) is 0 Å². The van der Waals surface area contributed by atoms with Crippen LogP contribution in [-0.4, -0.2) is 25.2 Å². The van der Waals surface area contributed by atoms with Crippen LogP contribution in [0.5, 0.6) is 5.75 Å². The third kappa shape index (κ3) is 3.65. The summed E-state index contributed by atoms with van der Waals surface area (Å²) >= 11 is 0. The lowest BCUT2D eigenvalue weighted by Gasteiger charge is -2.55. The average molecular weight is 372 g/mol. The fourth-order valence-corrected chi connectivity index (χ4v) is 4.69. The van der Waals surface area contributed by atoms with Crippen LogP contribution in [0.25, 0.3) is 0 Å². The zero-order chi connectivity index (χ0) is 19.8. The third-order valence-corrected chi connectivity index (χ3v) is 6.26. The lowest BCUT2D eigenvalue weighted by molar-refractivity contribution is -0.180. The Balaban J connectivity index is 1.88. The van der Waals surface area contributed by atoms with E-state index in [9.17, 15) is 9.59 Å². The van der Waals surface area contributed by atoms with Gasteiger partial charge in [-0.1, -0.05) is 37.6 Å². The Bertz CT molecular complexity index is 750. The van der Waals surface area contributed by atoms with Crippen LogP contribution in [0, 0.1) is 23.2 Å². The quantitative estimate of drug-likeness (QED) is 0.453. The van der Waals surface area contributed by atoms with Gasteiger partial charge in [-0.3, -0.25) is 9.59 Å². The molecule has 1 aliphatic heterocycles. The van der Waals surface area contributed by atoms with Gasteiger partial charge in [-0.15, -0.1) is 0 Å². The number of carbonyl (C=O) groups is 2. The first-order valence-corrected chi connectivity index (χ1v) is 9.46. The largest absolute Gasteiger partial charge is 0.465 e. The molecule has 1 saturated heterocycles. The third-order valence-electron chi connectivity index (χ3n) is 6.26. The number of esters is 2. The molecular formula is C22H28O5. The van der Waals surface area contributed by atoms with E-state index in [1.807, 2.05) is 12.1 Å². The molecule has 0 N–H and O–H groups in total. The van der Waals surface area contributed by atoms with E-state index in [1.54, 1.807) is 12.1 Å². The highest BCUT2D eigenvalue weighted by Crippen LogP contribution is 2.56. The molecule has 1 aromatic rings. The van der Waals surface area contributed by atoms with Crippen LogP contribution >= 0.6 is 0 Å². The first-order valence-electron chi connectivity index (χ1n) is 9.46. The molecule has 3 rings (SSSR count). The van der Waals surface area contributed by atoms with Crippen molar-refractivity contribution in [2.24, 2.45) is 23.2 Å². The standard InChI is InChI=1S/C22H28O5/c1-13-10-14(2)22(11-25-16(4)23)12-26-21(20(13)15(22)3)18-6-8-19(9-7-18)27-17(5)24/h6-10,14-15,20-21H,11-12H2,1-5H3/t14-,15-,20-,21-,22-/m0/s1. The molecule has 5 heteroatoms. The molecule has 0 saturated carbocycles. The van der Waals surface area contributed by atoms with E-state index in [0.29, 0.717) is 24.9 Å². The first kappa shape index (κ1) is 19.6. The lowest BCUT2D eigenvalue weighted by atomic mass is 9.56. The summed E-state index contributed by atoms with van der Waals surface area (Å²) in [6.45, 7) is 10.3. The molecule has 5 atom stereocenters. The van der Waals surface area contributed by atoms with Gasteiger partial charge in [0, 0.05) is 25.2 Å². The van der Waals surface area contributed by atoms with Gasteiger partial charge < -0.3 is 14.2 Å². The van der Waals surface area contributed by atoms with Crippen molar-refractivity contribution in [3.63, 3.8) is 0 Å². The maximum Gasteiger partial charge on any atom is 0.308 e. The summed E-state index contributed by atoms with van der Waals surface area (Å²) in [6, 6.07) is 7.52. The van der Waals surface area contributed by atoms with Gasteiger partial charge in [0.15, 0.2) is 0 Å². The van der Waals surface area contributed by atoms with Gasteiger partial charge in [0.1, 0.15) is 5.75 Å². The predicted molar refractivity (Wildman–Crippen MR) is 101 cm³/mol. The second-order valence-corrected chi connectivity index (χ2v) is 7.92. The highest BCUT2D eigenvalue weighted by Gasteiger charge is 2.54. The van der Waals surface area contributed by atoms with Crippen molar-refractivity contribution in [2.45, 2.75) is 40.7 Å². The minimum atomic E-state index is -0.333. The Labute approximate surface area is 160 Å². The smallest absolute Gasteiger partial charge is 0.308 e. The van der Waals surface area contributed by atoms with Crippen molar-refractivity contribution in [3.05, 3.63) is 41.5 Å². The van der Waals surface area contributed by atoms with E-state index in [4.69, 9.17) is 14.2 Å². The highest BCUT2D eigenvalue weighted by molar-refractivity contribution is 5.69. The number of benzene rings is 1. The maximum absolute atomic E-state index is 11.4. The Morgan fingerprint density at radius 3 is 2.41 bits per heavy atom. The summed E-state index contributed by atoms with van der Waals surface area (Å²) < 4.78 is 16.9. The van der Waals surface area contributed by atoms with Gasteiger partial charge in [-0.25, -0.2) is 0 Å². The van der Waals surface area contributed by atoms with E-state index in [1.165, 1.54) is 19.4 Å². The molecule has 2 aliphatic rings. The number of allylic oxidation sites excluding steroid dienone is 1. The summed E-state index contributed by atoms with van der Waals surface area (Å²) in [4.78, 5) is 22.5. The minimum Gasteiger partial charge on any atom is -0.465 e. The summed E-state index contributed by atoms with van der Waals surface area (Å²) in [6.07, 6.45) is 2.23. The maximum atomic E-state index is 11.4. The van der Waals surface area contributed by atoms with Gasteiger partial charge >= 0.3 is 11.9 Å². The number of fused-ring (bicyclic) bond motifs is 2. The van der Waals surface area contributed by atoms with Crippen LogP contribution in [0.2, 0.25) is 0 Å². The fraction of sp³-hybridized carbons (Fsp3) is 0.545. The molecule has 2 bridgehead atoms. The molecule has 0 spiro atoms. The summed E-state index contributed by atoms with van der Waals surface area (Å²) in [5.41, 5.74) is 2.16. The number of hydrogen-bond acceptors (Lipinski definition) is 5. The molecule has 0 amide bonds. The van der Waals surface area contributed by atoms with Crippen molar-refractivity contribution >= 4 is 11.9 Å². The van der Waals surface area contributed by atoms with E-state index >= 15 is 0 Å². The van der Waals surface area contributed by atoms with Gasteiger partial charge in [-0.2, -0.15) is 0 Å². The SMILES string of the molecule is CC(=O)OC[C@]12CO[C@@H](c3ccc(OC(C)=O)cc3)[C@@H](C(C)=C[C@@H]1C)[C@@H]2C. The van der Waals surface area contributed by atoms with Crippen LogP contribution in [0.4, 0.5) is 0 Å². The predicted octanol–water partition coefficient (Wildman–Crippen LogP) is 4.08. The van der Waals surface area contributed by atoms with Gasteiger partial charge in [-0.05, 0) is 36.5 Å². The number of carbonyl (C=O) groups excluding carboxylic acids is 2. The van der Waals surface area contributed by atoms with Crippen molar-refractivity contribution in [2.75, 3.05) is 13.2 Å². The average Bonchev–Trinajstić information content (AvgIpc) is 2.59. The van der Waals surface area contributed by atoms with Crippen LogP contribution in [-0.2, 0) is 19.1 Å². The second kappa shape index (κ2) is 7.47. The zero-order valence-corrected chi connectivity index (χ0v) is 16.7. The number of ether oxygens (including phenoxy) is 3. The first-order chi connectivity index (χ1) is 12.7. The van der Waals surface area contributed by atoms with E-state index in [0.717, 1.165) is 5.56 Å². The Morgan fingerprint density at radius 2 is 1.81 bits per heavy atom. The summed E-state index contributed by atoms with van der Waals surface area (Å²) in [5.74, 6) is 0.739. The van der Waals surface area contributed by atoms with E-state index in [-0.39, 0.29) is 35.3 Å². The van der Waals surface area contributed by atoms with Crippen LogP contribution < -0.4 is 4.74 Å². The van der Waals surface area contributed by atoms with Crippen LogP contribution in [0.1, 0.15) is 46.3 Å². The van der Waals surface area contributed by atoms with Gasteiger partial charge in [0.05, 0.1) is 19.3 Å². The molecule has 1 fully saturated rings. The van der Waals surface area contributed by atoms with Crippen molar-refractivity contribution in [1.82, 2.24) is 0 Å². The number of hydrogen-bond donors (Lipinski definition) is 0. The Kier molecular flexibility index (Phi) is 5.43. The highest BCUT2D eigenvalue weighted by atomic mass is 16.5. The summed E-state index contributed by atoms with van der Waals surface area (Å²) in [7, 11) is 0. The van der Waals surface area contributed by atoms with E-state index in [2.05, 4.69) is 26.8 Å². The molecule has 1 heterocycles. The van der Waals surface area contributed by atoms with Gasteiger partial charge in [0.2, 0.25) is 0 Å². The molecule has 27 heavy (non-hydrogen) atoms. The molecule has 0 radical (unpaired) electrons. The van der Waals surface area contributed by atoms with E-state index < -0.39 is 0 Å². The topological polar surface area (TPSA) is 61.8 Å². The molecule has 5 nitrogen and oxygen atoms in total. The van der Waals surface area contributed by atoms with Crippen LogP contribution in [0.15, 0.2) is 35.9 Å². The molecule has 0 aromatic heterocycles. The molecule has 146 valence electrons. The Morgan fingerprint density at radius 1 is 1.15 bits per heavy atom. The summed E-state index contributed by atoms with van der Waals surface area (Å²) in [5, 5.41) is 0. The second-order valence-electron chi connectivity index (χ2n) is 7.92. The van der Waals surface area contributed by atoms with Crippen molar-refractivity contribution in [3.8, 4) is 5.75 Å². The minimum absolute atomic E-state index is 0.0689. The zero-order valence-electron chi connectivity index (χ0n) is 16.7. The van der Waals surface area contributed by atoms with Crippen LogP contribution in [0.3, 0.4) is 0 Å². The molecule has 1 aliphatic carbocycles. The lowest BCUT2D eigenvalue weighted by Crippen LogP contribution is -2.54. The normalized spacial score (nSPS) is 32.4. The van der Waals surface area contributed by atoms with Crippen molar-refractivity contribution < 1.29 is 23.8 Å². The fourth-order valence-electron chi connectivity index (χ4n) is 4.69. The molecule has 0 unspecified atom stereocenters. The van der Waals surface area contributed by atoms with Crippen molar-refractivity contribution in [1.29, 1.82) is 0 Å². The number of rotatable bonds is 4. The monoisotopic (exact) mass is 372 g/mol. The molecule has 1 aromatic carbocycles.